The van der Waals surface area contributed by atoms with Gasteiger partial charge in [-0.2, -0.15) is 0 Å². The number of hydrogen-bond acceptors (Lipinski definition) is 2. The highest BCUT2D eigenvalue weighted by atomic mass is 35.5. The van der Waals surface area contributed by atoms with E-state index in [0.717, 1.165) is 5.56 Å². The molecule has 13 heavy (non-hydrogen) atoms. The van der Waals surface area contributed by atoms with Crippen LogP contribution in [0, 0.1) is 6.92 Å². The highest BCUT2D eigenvalue weighted by Gasteiger charge is 2.23. The van der Waals surface area contributed by atoms with Crippen molar-refractivity contribution >= 4 is 11.6 Å². The smallest absolute Gasteiger partial charge is 0.139 e. The minimum atomic E-state index is -1.27. The lowest BCUT2D eigenvalue weighted by Crippen LogP contribution is -2.36. The van der Waals surface area contributed by atoms with Crippen molar-refractivity contribution in [2.75, 3.05) is 0 Å². The van der Waals surface area contributed by atoms with Crippen molar-refractivity contribution in [3.8, 4) is 0 Å². The third-order valence-electron chi connectivity index (χ3n) is 2.21. The molecule has 0 aliphatic rings. The van der Waals surface area contributed by atoms with E-state index in [-0.39, 0.29) is 0 Å². The molecule has 1 rings (SSSR count). The largest absolute Gasteiger partial charge is 0.372 e. The van der Waals surface area contributed by atoms with E-state index < -0.39 is 5.72 Å². The third kappa shape index (κ3) is 2.21. The van der Waals surface area contributed by atoms with Crippen molar-refractivity contribution in [2.24, 2.45) is 5.73 Å². The van der Waals surface area contributed by atoms with Gasteiger partial charge in [0.25, 0.3) is 0 Å². The van der Waals surface area contributed by atoms with Crippen molar-refractivity contribution in [3.05, 3.63) is 34.3 Å². The summed E-state index contributed by atoms with van der Waals surface area (Å²) >= 11 is 5.81. The number of rotatable bonds is 2. The highest BCUT2D eigenvalue weighted by Crippen LogP contribution is 2.25. The highest BCUT2D eigenvalue weighted by molar-refractivity contribution is 6.30. The number of nitrogens with two attached hydrogens (primary N) is 1. The van der Waals surface area contributed by atoms with Crippen LogP contribution in [-0.2, 0) is 5.72 Å². The Morgan fingerprint density at radius 2 is 2.15 bits per heavy atom. The van der Waals surface area contributed by atoms with Crippen LogP contribution in [0.1, 0.15) is 24.5 Å². The molecule has 1 unspecified atom stereocenters. The zero-order valence-corrected chi connectivity index (χ0v) is 8.60. The molecule has 3 N–H and O–H groups in total. The summed E-state index contributed by atoms with van der Waals surface area (Å²) in [6.07, 6.45) is 0.466. The Labute approximate surface area is 83.3 Å². The van der Waals surface area contributed by atoms with Gasteiger partial charge in [0, 0.05) is 10.6 Å². The summed E-state index contributed by atoms with van der Waals surface area (Å²) in [7, 11) is 0. The van der Waals surface area contributed by atoms with Gasteiger partial charge in [0.1, 0.15) is 5.72 Å². The molecule has 0 heterocycles. The van der Waals surface area contributed by atoms with Gasteiger partial charge in [-0.3, -0.25) is 5.73 Å². The molecule has 3 heteroatoms. The number of hydrogen-bond donors (Lipinski definition) is 2. The number of benzene rings is 1. The van der Waals surface area contributed by atoms with Gasteiger partial charge in [0.05, 0.1) is 0 Å². The molecule has 2 nitrogen and oxygen atoms in total. The first-order valence-electron chi connectivity index (χ1n) is 4.25. The molecule has 0 bridgehead atoms. The summed E-state index contributed by atoms with van der Waals surface area (Å²) in [5, 5.41) is 10.4. The van der Waals surface area contributed by atoms with Crippen molar-refractivity contribution in [3.63, 3.8) is 0 Å². The first-order valence-corrected chi connectivity index (χ1v) is 4.63. The fraction of sp³-hybridized carbons (Fsp3) is 0.400. The van der Waals surface area contributed by atoms with E-state index >= 15 is 0 Å². The molecular formula is C10H14ClNO. The molecule has 0 spiro atoms. The van der Waals surface area contributed by atoms with Gasteiger partial charge in [-0.15, -0.1) is 0 Å². The Kier molecular flexibility index (Phi) is 2.96. The monoisotopic (exact) mass is 199 g/mol. The number of aryl methyl sites for hydroxylation is 1. The maximum absolute atomic E-state index is 9.82. The molecule has 0 fully saturated rings. The second kappa shape index (κ2) is 3.66. The fourth-order valence-electron chi connectivity index (χ4n) is 1.25. The van der Waals surface area contributed by atoms with Crippen LogP contribution in [0.2, 0.25) is 5.02 Å². The predicted molar refractivity (Wildman–Crippen MR) is 54.6 cm³/mol. The Hall–Kier alpha value is -0.570. The molecule has 0 saturated carbocycles. The van der Waals surface area contributed by atoms with Crippen LogP contribution in [0.4, 0.5) is 0 Å². The van der Waals surface area contributed by atoms with Gasteiger partial charge in [0.15, 0.2) is 0 Å². The number of halogens is 1. The second-order valence-corrected chi connectivity index (χ2v) is 3.67. The van der Waals surface area contributed by atoms with Gasteiger partial charge in [-0.1, -0.05) is 24.6 Å². The topological polar surface area (TPSA) is 46.2 Å². The van der Waals surface area contributed by atoms with E-state index in [4.69, 9.17) is 17.3 Å². The molecule has 0 aliphatic heterocycles. The molecule has 0 amide bonds. The standard InChI is InChI=1S/C10H14ClNO/c1-3-10(12,13)9-6-8(11)5-4-7(9)2/h4-6,13H,3,12H2,1-2H3. The van der Waals surface area contributed by atoms with E-state index in [1.807, 2.05) is 19.9 Å². The first-order chi connectivity index (χ1) is 5.97. The van der Waals surface area contributed by atoms with Crippen molar-refractivity contribution < 1.29 is 5.11 Å². The van der Waals surface area contributed by atoms with Crippen LogP contribution in [0.3, 0.4) is 0 Å². The van der Waals surface area contributed by atoms with Crippen molar-refractivity contribution in [1.82, 2.24) is 0 Å². The summed E-state index contributed by atoms with van der Waals surface area (Å²) in [5.74, 6) is 0. The Bertz CT molecular complexity index is 310. The lowest BCUT2D eigenvalue weighted by atomic mass is 9.96. The zero-order chi connectivity index (χ0) is 10.1. The van der Waals surface area contributed by atoms with Gasteiger partial charge < -0.3 is 5.11 Å². The molecule has 1 aromatic rings. The Balaban J connectivity index is 3.20. The van der Waals surface area contributed by atoms with Crippen molar-refractivity contribution in [2.45, 2.75) is 26.0 Å². The SMILES string of the molecule is CCC(N)(O)c1cc(Cl)ccc1C. The van der Waals surface area contributed by atoms with Gasteiger partial charge in [-0.05, 0) is 31.0 Å². The van der Waals surface area contributed by atoms with Gasteiger partial charge >= 0.3 is 0 Å². The lowest BCUT2D eigenvalue weighted by molar-refractivity contribution is 0.0388. The van der Waals surface area contributed by atoms with E-state index in [0.29, 0.717) is 17.0 Å². The summed E-state index contributed by atoms with van der Waals surface area (Å²) in [5.41, 5.74) is 6.09. The van der Waals surface area contributed by atoms with E-state index in [9.17, 15) is 5.11 Å². The van der Waals surface area contributed by atoms with Crippen LogP contribution in [0.15, 0.2) is 18.2 Å². The fourth-order valence-corrected chi connectivity index (χ4v) is 1.42. The van der Waals surface area contributed by atoms with Gasteiger partial charge in [-0.25, -0.2) is 0 Å². The van der Waals surface area contributed by atoms with Crippen LogP contribution < -0.4 is 5.73 Å². The summed E-state index contributed by atoms with van der Waals surface area (Å²) in [6, 6.07) is 5.34. The molecule has 1 atom stereocenters. The van der Waals surface area contributed by atoms with Crippen LogP contribution in [0.5, 0.6) is 0 Å². The van der Waals surface area contributed by atoms with Crippen LogP contribution in [-0.4, -0.2) is 5.11 Å². The molecular weight excluding hydrogens is 186 g/mol. The van der Waals surface area contributed by atoms with Gasteiger partial charge in [0.2, 0.25) is 0 Å². The minimum absolute atomic E-state index is 0.466. The first kappa shape index (κ1) is 10.5. The molecule has 1 aromatic carbocycles. The number of aliphatic hydroxyl groups is 1. The van der Waals surface area contributed by atoms with Crippen molar-refractivity contribution in [1.29, 1.82) is 0 Å². The summed E-state index contributed by atoms with van der Waals surface area (Å²) < 4.78 is 0. The molecule has 0 saturated heterocycles. The molecule has 72 valence electrons. The molecule has 0 radical (unpaired) electrons. The van der Waals surface area contributed by atoms with E-state index in [1.165, 1.54) is 0 Å². The summed E-state index contributed by atoms with van der Waals surface area (Å²) in [4.78, 5) is 0. The normalized spacial score (nSPS) is 15.5. The Morgan fingerprint density at radius 1 is 1.54 bits per heavy atom. The molecule has 0 aliphatic carbocycles. The van der Waals surface area contributed by atoms with Crippen LogP contribution >= 0.6 is 11.6 Å². The lowest BCUT2D eigenvalue weighted by Gasteiger charge is -2.23. The average molecular weight is 200 g/mol. The minimum Gasteiger partial charge on any atom is -0.372 e. The third-order valence-corrected chi connectivity index (χ3v) is 2.44. The van der Waals surface area contributed by atoms with E-state index in [2.05, 4.69) is 0 Å². The average Bonchev–Trinajstić information content (AvgIpc) is 2.09. The maximum atomic E-state index is 9.82. The van der Waals surface area contributed by atoms with E-state index in [1.54, 1.807) is 12.1 Å². The quantitative estimate of drug-likeness (QED) is 0.718. The predicted octanol–water partition coefficient (Wildman–Crippen LogP) is 2.16. The second-order valence-electron chi connectivity index (χ2n) is 3.24. The zero-order valence-electron chi connectivity index (χ0n) is 7.84. The molecule has 0 aromatic heterocycles. The maximum Gasteiger partial charge on any atom is 0.139 e. The van der Waals surface area contributed by atoms with Crippen LogP contribution in [0.25, 0.3) is 0 Å². The Morgan fingerprint density at radius 3 is 2.69 bits per heavy atom. The summed E-state index contributed by atoms with van der Waals surface area (Å²) in [6.45, 7) is 3.74.